The van der Waals surface area contributed by atoms with Crippen LogP contribution in [0.15, 0.2) is 63.5 Å². The van der Waals surface area contributed by atoms with Gasteiger partial charge in [0.1, 0.15) is 4.34 Å². The maximum atomic E-state index is 5.97. The minimum Gasteiger partial charge on any atom is -0.269 e. The molecule has 4 aromatic rings. The first kappa shape index (κ1) is 14.9. The number of thiazole rings is 1. The molecule has 0 saturated heterocycles. The number of nitrogens with zero attached hydrogens (tertiary/aromatic N) is 4. The highest BCUT2D eigenvalue weighted by molar-refractivity contribution is 8.00. The SMILES string of the molecule is Clc1cnc(Sc2nnc(-c3cccs3)n2-c2ccccc2)s1. The van der Waals surface area contributed by atoms with Crippen molar-refractivity contribution in [3.8, 4) is 16.4 Å². The first-order chi connectivity index (χ1) is 11.3. The van der Waals surface area contributed by atoms with Crippen LogP contribution < -0.4 is 0 Å². The molecule has 3 aromatic heterocycles. The Morgan fingerprint density at radius 1 is 1.04 bits per heavy atom. The number of rotatable bonds is 4. The second-order valence-electron chi connectivity index (χ2n) is 4.49. The molecule has 0 N–H and O–H groups in total. The molecule has 0 radical (unpaired) electrons. The summed E-state index contributed by atoms with van der Waals surface area (Å²) in [6.45, 7) is 0. The van der Waals surface area contributed by atoms with Crippen molar-refractivity contribution in [3.63, 3.8) is 0 Å². The lowest BCUT2D eigenvalue weighted by atomic mass is 10.3. The molecule has 4 nitrogen and oxygen atoms in total. The summed E-state index contributed by atoms with van der Waals surface area (Å²) in [5.41, 5.74) is 1.02. The van der Waals surface area contributed by atoms with Crippen molar-refractivity contribution in [1.29, 1.82) is 0 Å². The lowest BCUT2D eigenvalue weighted by Crippen LogP contribution is -1.98. The zero-order valence-corrected chi connectivity index (χ0v) is 14.8. The molecule has 0 fully saturated rings. The monoisotopic (exact) mass is 376 g/mol. The topological polar surface area (TPSA) is 43.6 Å². The number of hydrogen-bond acceptors (Lipinski definition) is 6. The Bertz CT molecular complexity index is 916. The highest BCUT2D eigenvalue weighted by Gasteiger charge is 2.18. The van der Waals surface area contributed by atoms with Crippen LogP contribution in [0.1, 0.15) is 0 Å². The lowest BCUT2D eigenvalue weighted by molar-refractivity contribution is 0.886. The fraction of sp³-hybridized carbons (Fsp3) is 0. The van der Waals surface area contributed by atoms with Crippen LogP contribution in [-0.4, -0.2) is 19.7 Å². The van der Waals surface area contributed by atoms with E-state index in [1.165, 1.54) is 23.1 Å². The molecule has 0 aliphatic carbocycles. The Balaban J connectivity index is 1.83. The van der Waals surface area contributed by atoms with Crippen molar-refractivity contribution in [2.75, 3.05) is 0 Å². The summed E-state index contributed by atoms with van der Waals surface area (Å²) < 4.78 is 3.56. The minimum absolute atomic E-state index is 0.664. The van der Waals surface area contributed by atoms with Crippen molar-refractivity contribution in [2.24, 2.45) is 0 Å². The van der Waals surface area contributed by atoms with E-state index in [1.54, 1.807) is 17.5 Å². The van der Waals surface area contributed by atoms with E-state index in [0.717, 1.165) is 25.9 Å². The Labute approximate surface area is 149 Å². The normalized spacial score (nSPS) is 11.0. The second kappa shape index (κ2) is 6.45. The molecule has 0 atom stereocenters. The smallest absolute Gasteiger partial charge is 0.203 e. The maximum absolute atomic E-state index is 5.97. The van der Waals surface area contributed by atoms with Gasteiger partial charge in [-0.25, -0.2) is 4.98 Å². The van der Waals surface area contributed by atoms with E-state index >= 15 is 0 Å². The van der Waals surface area contributed by atoms with Gasteiger partial charge in [-0.15, -0.1) is 21.5 Å². The van der Waals surface area contributed by atoms with Gasteiger partial charge in [0.25, 0.3) is 0 Å². The average Bonchev–Trinajstić information content (AvgIpc) is 3.29. The third kappa shape index (κ3) is 3.05. The van der Waals surface area contributed by atoms with Gasteiger partial charge in [-0.3, -0.25) is 4.57 Å². The molecule has 0 saturated carbocycles. The van der Waals surface area contributed by atoms with Crippen molar-refractivity contribution in [3.05, 3.63) is 58.4 Å². The highest BCUT2D eigenvalue weighted by Crippen LogP contribution is 2.36. The number of para-hydroxylation sites is 1. The maximum Gasteiger partial charge on any atom is 0.203 e. The Hall–Kier alpha value is -1.67. The molecule has 1 aromatic carbocycles. The van der Waals surface area contributed by atoms with Gasteiger partial charge in [-0.2, -0.15) is 0 Å². The number of halogens is 1. The van der Waals surface area contributed by atoms with Gasteiger partial charge in [0.05, 0.1) is 11.1 Å². The Kier molecular flexibility index (Phi) is 4.17. The van der Waals surface area contributed by atoms with Crippen LogP contribution in [-0.2, 0) is 0 Å². The molecule has 0 aliphatic rings. The van der Waals surface area contributed by atoms with Gasteiger partial charge < -0.3 is 0 Å². The number of benzene rings is 1. The minimum atomic E-state index is 0.664. The standard InChI is InChI=1S/C15H9ClN4S3/c16-12-9-17-15(22-12)23-14-19-18-13(11-7-4-8-21-11)20(14)10-5-2-1-3-6-10/h1-9H. The van der Waals surface area contributed by atoms with Gasteiger partial charge in [-0.1, -0.05) is 47.2 Å². The van der Waals surface area contributed by atoms with E-state index in [-0.39, 0.29) is 0 Å². The van der Waals surface area contributed by atoms with Gasteiger partial charge in [0, 0.05) is 5.69 Å². The quantitative estimate of drug-likeness (QED) is 0.487. The fourth-order valence-corrected chi connectivity index (χ4v) is 4.84. The molecule has 23 heavy (non-hydrogen) atoms. The lowest BCUT2D eigenvalue weighted by Gasteiger charge is -2.08. The van der Waals surface area contributed by atoms with Crippen LogP contribution in [0, 0.1) is 0 Å². The van der Waals surface area contributed by atoms with Crippen LogP contribution in [0.2, 0.25) is 4.34 Å². The summed E-state index contributed by atoms with van der Waals surface area (Å²) in [5.74, 6) is 0.830. The van der Waals surface area contributed by atoms with E-state index in [4.69, 9.17) is 11.6 Å². The molecule has 0 bridgehead atoms. The first-order valence-corrected chi connectivity index (χ1v) is 9.54. The molecular weight excluding hydrogens is 368 g/mol. The largest absolute Gasteiger partial charge is 0.269 e. The van der Waals surface area contributed by atoms with E-state index in [0.29, 0.717) is 4.34 Å². The van der Waals surface area contributed by atoms with Crippen LogP contribution in [0.5, 0.6) is 0 Å². The van der Waals surface area contributed by atoms with E-state index < -0.39 is 0 Å². The Morgan fingerprint density at radius 2 is 1.91 bits per heavy atom. The molecule has 114 valence electrons. The predicted octanol–water partition coefficient (Wildman–Crippen LogP) is 5.26. The zero-order chi connectivity index (χ0) is 15.6. The molecule has 0 unspecified atom stereocenters. The molecule has 0 amide bonds. The summed E-state index contributed by atoms with van der Waals surface area (Å²) in [6, 6.07) is 14.1. The zero-order valence-electron chi connectivity index (χ0n) is 11.6. The molecule has 4 rings (SSSR count). The van der Waals surface area contributed by atoms with Crippen LogP contribution in [0.25, 0.3) is 16.4 Å². The first-order valence-electron chi connectivity index (χ1n) is 6.65. The van der Waals surface area contributed by atoms with Crippen LogP contribution in [0.4, 0.5) is 0 Å². The molecule has 0 spiro atoms. The number of aromatic nitrogens is 4. The summed E-state index contributed by atoms with van der Waals surface area (Å²) in [5, 5.41) is 11.5. The molecular formula is C15H9ClN4S3. The third-order valence-electron chi connectivity index (χ3n) is 3.02. The van der Waals surface area contributed by atoms with Crippen molar-refractivity contribution in [1.82, 2.24) is 19.7 Å². The summed E-state index contributed by atoms with van der Waals surface area (Å²) in [6.07, 6.45) is 1.65. The van der Waals surface area contributed by atoms with Gasteiger partial charge in [0.15, 0.2) is 10.2 Å². The summed E-state index contributed by atoms with van der Waals surface area (Å²) >= 11 is 10.5. The van der Waals surface area contributed by atoms with Crippen molar-refractivity contribution >= 4 is 46.0 Å². The highest BCUT2D eigenvalue weighted by atomic mass is 35.5. The summed E-state index contributed by atoms with van der Waals surface area (Å²) in [7, 11) is 0. The molecule has 3 heterocycles. The van der Waals surface area contributed by atoms with Gasteiger partial charge in [-0.05, 0) is 35.3 Å². The van der Waals surface area contributed by atoms with Crippen molar-refractivity contribution in [2.45, 2.75) is 9.50 Å². The Morgan fingerprint density at radius 3 is 2.61 bits per heavy atom. The van der Waals surface area contributed by atoms with E-state index in [9.17, 15) is 0 Å². The van der Waals surface area contributed by atoms with E-state index in [2.05, 4.69) is 15.2 Å². The number of hydrogen-bond donors (Lipinski definition) is 0. The van der Waals surface area contributed by atoms with Crippen LogP contribution in [0.3, 0.4) is 0 Å². The third-order valence-corrected chi connectivity index (χ3v) is 6.03. The van der Waals surface area contributed by atoms with Gasteiger partial charge in [0.2, 0.25) is 5.16 Å². The number of thiophene rings is 1. The second-order valence-corrected chi connectivity index (χ2v) is 8.31. The fourth-order valence-electron chi connectivity index (χ4n) is 2.08. The van der Waals surface area contributed by atoms with E-state index in [1.807, 2.05) is 52.4 Å². The molecule has 8 heteroatoms. The average molecular weight is 377 g/mol. The van der Waals surface area contributed by atoms with Gasteiger partial charge >= 0.3 is 0 Å². The molecule has 0 aliphatic heterocycles. The van der Waals surface area contributed by atoms with Crippen molar-refractivity contribution < 1.29 is 0 Å². The predicted molar refractivity (Wildman–Crippen MR) is 95.9 cm³/mol. The summed E-state index contributed by atoms with van der Waals surface area (Å²) in [4.78, 5) is 5.36. The van der Waals surface area contributed by atoms with Crippen LogP contribution >= 0.6 is 46.0 Å².